The lowest BCUT2D eigenvalue weighted by Crippen LogP contribution is -2.29. The number of halogens is 3. The van der Waals surface area contributed by atoms with Gasteiger partial charge in [0.15, 0.2) is 5.11 Å². The van der Waals surface area contributed by atoms with Crippen molar-refractivity contribution in [3.63, 3.8) is 0 Å². The molecule has 2 rings (SSSR count). The Bertz CT molecular complexity index is 647. The smallest absolute Gasteiger partial charge is 0.170 e. The van der Waals surface area contributed by atoms with Gasteiger partial charge < -0.3 is 10.6 Å². The van der Waals surface area contributed by atoms with Crippen molar-refractivity contribution >= 4 is 34.6 Å². The quantitative estimate of drug-likeness (QED) is 0.617. The van der Waals surface area contributed by atoms with E-state index in [1.807, 2.05) is 0 Å². The molecule has 0 aliphatic carbocycles. The summed E-state index contributed by atoms with van der Waals surface area (Å²) in [5, 5.41) is 6.48. The molecule has 0 saturated heterocycles. The van der Waals surface area contributed by atoms with E-state index >= 15 is 0 Å². The van der Waals surface area contributed by atoms with E-state index in [1.165, 1.54) is 24.3 Å². The maximum Gasteiger partial charge on any atom is 0.170 e. The van der Waals surface area contributed by atoms with E-state index in [1.54, 1.807) is 18.2 Å². The van der Waals surface area contributed by atoms with Crippen molar-refractivity contribution in [1.82, 2.24) is 5.32 Å². The summed E-state index contributed by atoms with van der Waals surface area (Å²) in [5.74, 6) is -0.699. The number of nitrogens with one attached hydrogen (secondary N) is 2. The number of aryl methyl sites for hydroxylation is 1. The number of thiocarbonyl (C=S) groups is 1. The van der Waals surface area contributed by atoms with Crippen LogP contribution in [0.15, 0.2) is 42.5 Å². The Hall–Kier alpha value is -1.72. The predicted molar refractivity (Wildman–Crippen MR) is 90.4 cm³/mol. The lowest BCUT2D eigenvalue weighted by Gasteiger charge is -2.11. The summed E-state index contributed by atoms with van der Waals surface area (Å²) in [6, 6.07) is 10.8. The molecule has 0 aromatic heterocycles. The molecule has 2 N–H and O–H groups in total. The van der Waals surface area contributed by atoms with E-state index < -0.39 is 5.82 Å². The molecule has 116 valence electrons. The summed E-state index contributed by atoms with van der Waals surface area (Å²) in [5.41, 5.74) is 1.70. The Balaban J connectivity index is 1.71. The summed E-state index contributed by atoms with van der Waals surface area (Å²) in [7, 11) is 0. The molecule has 22 heavy (non-hydrogen) atoms. The van der Waals surface area contributed by atoms with Crippen molar-refractivity contribution in [2.75, 3.05) is 11.9 Å². The van der Waals surface area contributed by atoms with E-state index in [9.17, 15) is 8.78 Å². The van der Waals surface area contributed by atoms with Crippen LogP contribution in [-0.2, 0) is 6.42 Å². The zero-order valence-corrected chi connectivity index (χ0v) is 13.3. The first-order valence-corrected chi connectivity index (χ1v) is 7.57. The highest BCUT2D eigenvalue weighted by atomic mass is 35.5. The molecule has 0 bridgehead atoms. The Kier molecular flexibility index (Phi) is 6.10. The zero-order chi connectivity index (χ0) is 15.9. The maximum atomic E-state index is 13.0. The molecule has 0 spiro atoms. The average molecular weight is 341 g/mol. The van der Waals surface area contributed by atoms with Crippen LogP contribution >= 0.6 is 23.8 Å². The largest absolute Gasteiger partial charge is 0.362 e. The van der Waals surface area contributed by atoms with Crippen LogP contribution in [0.3, 0.4) is 0 Å². The lowest BCUT2D eigenvalue weighted by atomic mass is 10.1. The molecule has 0 heterocycles. The van der Waals surface area contributed by atoms with Gasteiger partial charge in [-0.1, -0.05) is 23.7 Å². The molecule has 0 saturated carbocycles. The normalized spacial score (nSPS) is 10.3. The third-order valence-electron chi connectivity index (χ3n) is 3.02. The third kappa shape index (κ3) is 5.24. The highest BCUT2D eigenvalue weighted by molar-refractivity contribution is 7.80. The molecule has 0 aliphatic heterocycles. The second kappa shape index (κ2) is 8.06. The number of benzene rings is 2. The highest BCUT2D eigenvalue weighted by Crippen LogP contribution is 2.19. The van der Waals surface area contributed by atoms with Gasteiger partial charge in [-0.15, -0.1) is 0 Å². The van der Waals surface area contributed by atoms with Gasteiger partial charge in [-0.2, -0.15) is 0 Å². The molecular formula is C16H15ClF2N2S. The van der Waals surface area contributed by atoms with Crippen molar-refractivity contribution in [3.05, 3.63) is 64.7 Å². The van der Waals surface area contributed by atoms with Crippen LogP contribution in [0.5, 0.6) is 0 Å². The van der Waals surface area contributed by atoms with Crippen molar-refractivity contribution in [1.29, 1.82) is 0 Å². The standard InChI is InChI=1S/C16H15ClF2N2S/c17-14-10-13(7-8-15(14)19)21-16(22)20-9-1-2-11-3-5-12(18)6-4-11/h3-8,10H,1-2,9H2,(H2,20,21,22). The van der Waals surface area contributed by atoms with Crippen LogP contribution in [0.2, 0.25) is 5.02 Å². The Morgan fingerprint density at radius 2 is 1.82 bits per heavy atom. The molecule has 2 aromatic carbocycles. The van der Waals surface area contributed by atoms with Crippen LogP contribution in [0.4, 0.5) is 14.5 Å². The highest BCUT2D eigenvalue weighted by Gasteiger charge is 2.02. The van der Waals surface area contributed by atoms with Crippen LogP contribution in [-0.4, -0.2) is 11.7 Å². The molecule has 0 amide bonds. The Morgan fingerprint density at radius 1 is 1.09 bits per heavy atom. The third-order valence-corrected chi connectivity index (χ3v) is 3.55. The van der Waals surface area contributed by atoms with Gasteiger partial charge in [0, 0.05) is 12.2 Å². The number of hydrogen-bond acceptors (Lipinski definition) is 1. The van der Waals surface area contributed by atoms with Gasteiger partial charge in [0.1, 0.15) is 11.6 Å². The number of anilines is 1. The van der Waals surface area contributed by atoms with Gasteiger partial charge >= 0.3 is 0 Å². The first-order valence-electron chi connectivity index (χ1n) is 6.79. The molecule has 2 nitrogen and oxygen atoms in total. The molecule has 0 unspecified atom stereocenters. The summed E-state index contributed by atoms with van der Waals surface area (Å²) in [6.07, 6.45) is 1.69. The topological polar surface area (TPSA) is 24.1 Å². The van der Waals surface area contributed by atoms with Crippen LogP contribution in [0, 0.1) is 11.6 Å². The summed E-state index contributed by atoms with van der Waals surface area (Å²) in [4.78, 5) is 0. The lowest BCUT2D eigenvalue weighted by molar-refractivity contribution is 0.626. The van der Waals surface area contributed by atoms with Crippen molar-refractivity contribution < 1.29 is 8.78 Å². The van der Waals surface area contributed by atoms with Crippen molar-refractivity contribution in [3.8, 4) is 0 Å². The molecule has 0 atom stereocenters. The molecule has 6 heteroatoms. The first-order chi connectivity index (χ1) is 10.5. The fourth-order valence-electron chi connectivity index (χ4n) is 1.89. The van der Waals surface area contributed by atoms with Gasteiger partial charge in [0.25, 0.3) is 0 Å². The van der Waals surface area contributed by atoms with E-state index in [0.29, 0.717) is 17.3 Å². The fraction of sp³-hybridized carbons (Fsp3) is 0.188. The van der Waals surface area contributed by atoms with Gasteiger partial charge in [0.05, 0.1) is 5.02 Å². The van der Waals surface area contributed by atoms with Gasteiger partial charge in [-0.05, 0) is 61.0 Å². The van der Waals surface area contributed by atoms with Crippen molar-refractivity contribution in [2.24, 2.45) is 0 Å². The number of hydrogen-bond donors (Lipinski definition) is 2. The molecule has 2 aromatic rings. The molecule has 0 radical (unpaired) electrons. The second-order valence-corrected chi connectivity index (χ2v) is 5.56. The van der Waals surface area contributed by atoms with E-state index in [0.717, 1.165) is 18.4 Å². The van der Waals surface area contributed by atoms with E-state index in [4.69, 9.17) is 23.8 Å². The molecular weight excluding hydrogens is 326 g/mol. The summed E-state index contributed by atoms with van der Waals surface area (Å²) < 4.78 is 25.8. The summed E-state index contributed by atoms with van der Waals surface area (Å²) in [6.45, 7) is 0.679. The summed E-state index contributed by atoms with van der Waals surface area (Å²) >= 11 is 10.8. The van der Waals surface area contributed by atoms with Crippen LogP contribution in [0.25, 0.3) is 0 Å². The van der Waals surface area contributed by atoms with Crippen LogP contribution < -0.4 is 10.6 Å². The Labute approximate surface area is 138 Å². The van der Waals surface area contributed by atoms with Gasteiger partial charge in [0.2, 0.25) is 0 Å². The average Bonchev–Trinajstić information content (AvgIpc) is 2.49. The van der Waals surface area contributed by atoms with E-state index in [-0.39, 0.29) is 10.8 Å². The monoisotopic (exact) mass is 340 g/mol. The minimum absolute atomic E-state index is 0.0455. The zero-order valence-electron chi connectivity index (χ0n) is 11.7. The molecule has 0 aliphatic rings. The number of rotatable bonds is 5. The maximum absolute atomic E-state index is 13.0. The molecule has 0 fully saturated rings. The fourth-order valence-corrected chi connectivity index (χ4v) is 2.30. The van der Waals surface area contributed by atoms with Gasteiger partial charge in [-0.25, -0.2) is 8.78 Å². The minimum atomic E-state index is -0.467. The van der Waals surface area contributed by atoms with E-state index in [2.05, 4.69) is 10.6 Å². The SMILES string of the molecule is Fc1ccc(CCCNC(=S)Nc2ccc(F)c(Cl)c2)cc1. The first kappa shape index (κ1) is 16.6. The Morgan fingerprint density at radius 3 is 2.50 bits per heavy atom. The predicted octanol–water partition coefficient (Wildman–Crippen LogP) is 4.54. The minimum Gasteiger partial charge on any atom is -0.362 e. The van der Waals surface area contributed by atoms with Gasteiger partial charge in [-0.3, -0.25) is 0 Å². The second-order valence-electron chi connectivity index (χ2n) is 4.74. The van der Waals surface area contributed by atoms with Crippen LogP contribution in [0.1, 0.15) is 12.0 Å². The van der Waals surface area contributed by atoms with Crippen molar-refractivity contribution in [2.45, 2.75) is 12.8 Å².